The van der Waals surface area contributed by atoms with Crippen molar-refractivity contribution in [1.29, 1.82) is 0 Å². The molecule has 0 atom stereocenters. The van der Waals surface area contributed by atoms with Crippen LogP contribution in [-0.2, 0) is 14.8 Å². The van der Waals surface area contributed by atoms with Crippen LogP contribution < -0.4 is 20.7 Å². The summed E-state index contributed by atoms with van der Waals surface area (Å²) in [7, 11) is -3.54. The molecule has 0 bridgehead atoms. The van der Waals surface area contributed by atoms with Crippen LogP contribution in [0.1, 0.15) is 19.4 Å². The van der Waals surface area contributed by atoms with Gasteiger partial charge in [-0.1, -0.05) is 0 Å². The average molecular weight is 301 g/mol. The molecule has 0 saturated heterocycles. The van der Waals surface area contributed by atoms with E-state index in [1.807, 2.05) is 5.43 Å². The van der Waals surface area contributed by atoms with Crippen LogP contribution in [0.5, 0.6) is 5.75 Å². The van der Waals surface area contributed by atoms with Gasteiger partial charge in [0, 0.05) is 6.04 Å². The molecule has 0 spiro atoms. The van der Waals surface area contributed by atoms with Crippen molar-refractivity contribution in [1.82, 2.24) is 10.1 Å². The Morgan fingerprint density at radius 3 is 2.55 bits per heavy atom. The van der Waals surface area contributed by atoms with E-state index in [1.165, 1.54) is 18.2 Å². The summed E-state index contributed by atoms with van der Waals surface area (Å²) in [5.41, 5.74) is 2.55. The molecule has 0 aliphatic rings. The van der Waals surface area contributed by atoms with Crippen LogP contribution in [0.3, 0.4) is 0 Å². The lowest BCUT2D eigenvalue weighted by Crippen LogP contribution is -2.34. The third-order valence-electron chi connectivity index (χ3n) is 2.37. The summed E-state index contributed by atoms with van der Waals surface area (Å²) >= 11 is 0. The first-order valence-corrected chi connectivity index (χ1v) is 7.50. The van der Waals surface area contributed by atoms with Gasteiger partial charge in [-0.3, -0.25) is 10.2 Å². The highest BCUT2D eigenvalue weighted by atomic mass is 32.2. The summed E-state index contributed by atoms with van der Waals surface area (Å²) in [6, 6.07) is 4.23. The Morgan fingerprint density at radius 1 is 1.40 bits per heavy atom. The van der Waals surface area contributed by atoms with Crippen molar-refractivity contribution in [3.05, 3.63) is 23.8 Å². The lowest BCUT2D eigenvalue weighted by atomic mass is 10.2. The lowest BCUT2D eigenvalue weighted by molar-refractivity contribution is -0.123. The van der Waals surface area contributed by atoms with Crippen LogP contribution in [0.2, 0.25) is 0 Å². The highest BCUT2D eigenvalue weighted by Gasteiger charge is 2.16. The monoisotopic (exact) mass is 301 g/mol. The third kappa shape index (κ3) is 4.48. The van der Waals surface area contributed by atoms with Crippen LogP contribution in [0, 0.1) is 6.92 Å². The summed E-state index contributed by atoms with van der Waals surface area (Å²) in [4.78, 5) is 11.1. The molecule has 0 aliphatic heterocycles. The number of ether oxygens (including phenoxy) is 1. The quantitative estimate of drug-likeness (QED) is 0.391. The van der Waals surface area contributed by atoms with Gasteiger partial charge in [-0.2, -0.15) is 0 Å². The van der Waals surface area contributed by atoms with Gasteiger partial charge in [0.1, 0.15) is 5.75 Å². The molecule has 4 N–H and O–H groups in total. The molecule has 1 rings (SSSR count). The maximum absolute atomic E-state index is 12.0. The molecule has 0 aliphatic carbocycles. The van der Waals surface area contributed by atoms with Gasteiger partial charge in [0.25, 0.3) is 5.91 Å². The third-order valence-corrected chi connectivity index (χ3v) is 4.02. The molecule has 8 heteroatoms. The molecule has 0 radical (unpaired) electrons. The molecule has 20 heavy (non-hydrogen) atoms. The van der Waals surface area contributed by atoms with E-state index in [4.69, 9.17) is 10.6 Å². The molecule has 112 valence electrons. The van der Waals surface area contributed by atoms with E-state index in [-0.39, 0.29) is 17.5 Å². The largest absolute Gasteiger partial charge is 0.483 e. The number of nitrogens with two attached hydrogens (primary N) is 1. The number of aryl methyl sites for hydroxylation is 1. The number of benzene rings is 1. The number of amides is 1. The Morgan fingerprint density at radius 2 is 2.05 bits per heavy atom. The van der Waals surface area contributed by atoms with Crippen LogP contribution in [0.15, 0.2) is 23.1 Å². The summed E-state index contributed by atoms with van der Waals surface area (Å²) in [6.45, 7) is 4.96. The number of carbonyl (C=O) groups is 1. The van der Waals surface area contributed by atoms with Gasteiger partial charge in [-0.15, -0.1) is 0 Å². The first kappa shape index (κ1) is 16.4. The minimum Gasteiger partial charge on any atom is -0.483 e. The molecule has 0 saturated carbocycles. The molecule has 0 unspecified atom stereocenters. The van der Waals surface area contributed by atoms with Crippen molar-refractivity contribution in [2.24, 2.45) is 5.84 Å². The number of nitrogens with one attached hydrogen (secondary N) is 2. The van der Waals surface area contributed by atoms with E-state index < -0.39 is 15.9 Å². The summed E-state index contributed by atoms with van der Waals surface area (Å²) in [6.07, 6.45) is 0. The number of rotatable bonds is 6. The Kier molecular flexibility index (Phi) is 5.49. The molecule has 7 nitrogen and oxygen atoms in total. The molecular weight excluding hydrogens is 282 g/mol. The Labute approximate surface area is 118 Å². The van der Waals surface area contributed by atoms with E-state index in [0.29, 0.717) is 11.3 Å². The summed E-state index contributed by atoms with van der Waals surface area (Å²) < 4.78 is 31.7. The topological polar surface area (TPSA) is 111 Å². The van der Waals surface area contributed by atoms with Crippen molar-refractivity contribution in [3.63, 3.8) is 0 Å². The van der Waals surface area contributed by atoms with Crippen molar-refractivity contribution in [2.75, 3.05) is 6.61 Å². The second kappa shape index (κ2) is 6.69. The molecule has 1 aromatic rings. The summed E-state index contributed by atoms with van der Waals surface area (Å²) in [5, 5.41) is 0. The predicted octanol–water partition coefficient (Wildman–Crippen LogP) is 0.0504. The molecule has 0 heterocycles. The van der Waals surface area contributed by atoms with Crippen LogP contribution in [-0.4, -0.2) is 27.0 Å². The fourth-order valence-corrected chi connectivity index (χ4v) is 2.85. The maximum Gasteiger partial charge on any atom is 0.271 e. The fraction of sp³-hybridized carbons (Fsp3) is 0.417. The van der Waals surface area contributed by atoms with Crippen molar-refractivity contribution < 1.29 is 17.9 Å². The molecule has 1 amide bonds. The van der Waals surface area contributed by atoms with E-state index >= 15 is 0 Å². The minimum absolute atomic E-state index is 0.152. The average Bonchev–Trinajstić information content (AvgIpc) is 2.35. The zero-order valence-electron chi connectivity index (χ0n) is 11.6. The van der Waals surface area contributed by atoms with Gasteiger partial charge in [0.05, 0.1) is 4.90 Å². The Balaban J connectivity index is 2.90. The smallest absolute Gasteiger partial charge is 0.271 e. The SMILES string of the molecule is Cc1cc(S(=O)(=O)NC(C)C)ccc1OCC(=O)NN. The zero-order valence-corrected chi connectivity index (χ0v) is 12.5. The van der Waals surface area contributed by atoms with Gasteiger partial charge in [-0.05, 0) is 44.5 Å². The van der Waals surface area contributed by atoms with Crippen molar-refractivity contribution >= 4 is 15.9 Å². The first-order chi connectivity index (χ1) is 9.26. The summed E-state index contributed by atoms with van der Waals surface area (Å²) in [5.74, 6) is 4.89. The second-order valence-corrected chi connectivity index (χ2v) is 6.27. The standard InChI is InChI=1S/C12H19N3O4S/c1-8(2)15-20(17,18)10-4-5-11(9(3)6-10)19-7-12(16)14-13/h4-6,8,15H,7,13H2,1-3H3,(H,14,16). The fourth-order valence-electron chi connectivity index (χ4n) is 1.51. The second-order valence-electron chi connectivity index (χ2n) is 4.56. The highest BCUT2D eigenvalue weighted by Crippen LogP contribution is 2.21. The zero-order chi connectivity index (χ0) is 15.3. The van der Waals surface area contributed by atoms with Crippen LogP contribution in [0.4, 0.5) is 0 Å². The normalized spacial score (nSPS) is 11.4. The van der Waals surface area contributed by atoms with E-state index in [0.717, 1.165) is 0 Å². The van der Waals surface area contributed by atoms with E-state index in [9.17, 15) is 13.2 Å². The lowest BCUT2D eigenvalue weighted by Gasteiger charge is -2.12. The first-order valence-electron chi connectivity index (χ1n) is 6.01. The minimum atomic E-state index is -3.54. The van der Waals surface area contributed by atoms with Crippen molar-refractivity contribution in [2.45, 2.75) is 31.7 Å². The van der Waals surface area contributed by atoms with Gasteiger partial charge in [0.15, 0.2) is 6.61 Å². The van der Waals surface area contributed by atoms with Gasteiger partial charge < -0.3 is 4.74 Å². The molecular formula is C12H19N3O4S. The van der Waals surface area contributed by atoms with Crippen molar-refractivity contribution in [3.8, 4) is 5.75 Å². The predicted molar refractivity (Wildman–Crippen MR) is 74.5 cm³/mol. The number of hydrogen-bond acceptors (Lipinski definition) is 5. The Bertz CT molecular complexity index is 584. The van der Waals surface area contributed by atoms with E-state index in [1.54, 1.807) is 20.8 Å². The highest BCUT2D eigenvalue weighted by molar-refractivity contribution is 7.89. The number of hydrogen-bond donors (Lipinski definition) is 3. The number of sulfonamides is 1. The van der Waals surface area contributed by atoms with Crippen LogP contribution in [0.25, 0.3) is 0 Å². The van der Waals surface area contributed by atoms with Gasteiger partial charge in [0.2, 0.25) is 10.0 Å². The Hall–Kier alpha value is -1.64. The maximum atomic E-state index is 12.0. The van der Waals surface area contributed by atoms with E-state index in [2.05, 4.69) is 4.72 Å². The molecule has 0 aromatic heterocycles. The number of carbonyl (C=O) groups excluding carboxylic acids is 1. The number of hydrazine groups is 1. The molecule has 1 aromatic carbocycles. The van der Waals surface area contributed by atoms with Crippen LogP contribution >= 0.6 is 0 Å². The molecule has 0 fully saturated rings. The van der Waals surface area contributed by atoms with Gasteiger partial charge >= 0.3 is 0 Å². The van der Waals surface area contributed by atoms with Gasteiger partial charge in [-0.25, -0.2) is 19.0 Å².